The van der Waals surface area contributed by atoms with Crippen molar-refractivity contribution in [3.63, 3.8) is 0 Å². The lowest BCUT2D eigenvalue weighted by molar-refractivity contribution is 0.0953. The smallest absolute Gasteiger partial charge is 0.314 e. The third-order valence-electron chi connectivity index (χ3n) is 5.39. The molecule has 1 heterocycles. The van der Waals surface area contributed by atoms with Crippen molar-refractivity contribution in [3.8, 4) is 5.75 Å². The molecule has 8 heteroatoms. The predicted octanol–water partition coefficient (Wildman–Crippen LogP) is 2.70. The molecule has 2 aromatic rings. The number of amides is 3. The molecular weight excluding hydrogens is 399 g/mol. The van der Waals surface area contributed by atoms with Gasteiger partial charge in [0.05, 0.1) is 7.11 Å². The van der Waals surface area contributed by atoms with E-state index in [1.54, 1.807) is 26.2 Å². The van der Waals surface area contributed by atoms with E-state index < -0.39 is 5.82 Å². The minimum Gasteiger partial charge on any atom is -0.497 e. The van der Waals surface area contributed by atoms with E-state index in [0.717, 1.165) is 30.9 Å². The van der Waals surface area contributed by atoms with E-state index in [0.29, 0.717) is 18.0 Å². The lowest BCUT2D eigenvalue weighted by atomic mass is 10.1. The summed E-state index contributed by atoms with van der Waals surface area (Å²) in [5.74, 6) is 0.415. The third-order valence-corrected chi connectivity index (χ3v) is 5.39. The summed E-state index contributed by atoms with van der Waals surface area (Å²) in [4.78, 5) is 26.3. The molecule has 0 spiro atoms. The highest BCUT2D eigenvalue weighted by atomic mass is 19.1. The number of ether oxygens (including phenoxy) is 1. The number of anilines is 1. The van der Waals surface area contributed by atoms with Crippen LogP contribution in [0.5, 0.6) is 5.75 Å². The molecular formula is C23H29FN4O3. The second-order valence-electron chi connectivity index (χ2n) is 7.66. The Morgan fingerprint density at radius 1 is 1.13 bits per heavy atom. The first-order valence-corrected chi connectivity index (χ1v) is 10.4. The SMILES string of the molecule is COc1cccc(N2CCC(CNC(=O)NCCNC(=O)c3ccc(C)c(F)c3)C2)c1. The van der Waals surface area contributed by atoms with Gasteiger partial charge in [-0.1, -0.05) is 12.1 Å². The number of carbonyl (C=O) groups excluding carboxylic acids is 2. The number of nitrogens with zero attached hydrogens (tertiary/aromatic N) is 1. The summed E-state index contributed by atoms with van der Waals surface area (Å²) in [5, 5.41) is 8.28. The monoisotopic (exact) mass is 428 g/mol. The summed E-state index contributed by atoms with van der Waals surface area (Å²) in [6.45, 7) is 4.58. The minimum absolute atomic E-state index is 0.259. The molecule has 31 heavy (non-hydrogen) atoms. The first kappa shape index (κ1) is 22.4. The minimum atomic E-state index is -0.415. The number of benzene rings is 2. The third kappa shape index (κ3) is 6.34. The molecule has 3 amide bonds. The summed E-state index contributed by atoms with van der Waals surface area (Å²) < 4.78 is 18.8. The number of carbonyl (C=O) groups is 2. The molecule has 1 aliphatic heterocycles. The quantitative estimate of drug-likeness (QED) is 0.565. The molecule has 0 radical (unpaired) electrons. The fraction of sp³-hybridized carbons (Fsp3) is 0.391. The van der Waals surface area contributed by atoms with Crippen LogP contribution in [0.25, 0.3) is 0 Å². The van der Waals surface area contributed by atoms with Crippen molar-refractivity contribution in [1.82, 2.24) is 16.0 Å². The van der Waals surface area contributed by atoms with E-state index in [-0.39, 0.29) is 30.6 Å². The molecule has 2 aromatic carbocycles. The average Bonchev–Trinajstić information content (AvgIpc) is 3.26. The zero-order valence-electron chi connectivity index (χ0n) is 17.9. The van der Waals surface area contributed by atoms with E-state index in [2.05, 4.69) is 26.9 Å². The van der Waals surface area contributed by atoms with Crippen molar-refractivity contribution in [3.05, 3.63) is 59.4 Å². The van der Waals surface area contributed by atoms with Gasteiger partial charge in [0.2, 0.25) is 0 Å². The van der Waals surface area contributed by atoms with Gasteiger partial charge in [0.25, 0.3) is 5.91 Å². The molecule has 1 aliphatic rings. The summed E-state index contributed by atoms with van der Waals surface area (Å²) in [7, 11) is 1.65. The molecule has 0 bridgehead atoms. The zero-order valence-corrected chi connectivity index (χ0v) is 17.9. The maximum absolute atomic E-state index is 13.5. The van der Waals surface area contributed by atoms with Crippen molar-refractivity contribution in [2.24, 2.45) is 5.92 Å². The van der Waals surface area contributed by atoms with E-state index in [4.69, 9.17) is 4.74 Å². The number of methoxy groups -OCH3 is 1. The zero-order chi connectivity index (χ0) is 22.2. The van der Waals surface area contributed by atoms with Gasteiger partial charge in [-0.3, -0.25) is 4.79 Å². The van der Waals surface area contributed by atoms with Gasteiger partial charge in [-0.15, -0.1) is 0 Å². The highest BCUT2D eigenvalue weighted by molar-refractivity contribution is 5.94. The Balaban J connectivity index is 1.32. The maximum atomic E-state index is 13.5. The van der Waals surface area contributed by atoms with Crippen LogP contribution in [0.3, 0.4) is 0 Å². The Labute approximate surface area is 182 Å². The van der Waals surface area contributed by atoms with Crippen LogP contribution in [0.1, 0.15) is 22.3 Å². The van der Waals surface area contributed by atoms with Gasteiger partial charge in [-0.05, 0) is 49.1 Å². The molecule has 3 N–H and O–H groups in total. The molecule has 3 rings (SSSR count). The van der Waals surface area contributed by atoms with Gasteiger partial charge in [-0.2, -0.15) is 0 Å². The molecule has 1 unspecified atom stereocenters. The Morgan fingerprint density at radius 3 is 2.71 bits per heavy atom. The summed E-state index contributed by atoms with van der Waals surface area (Å²) >= 11 is 0. The second-order valence-corrected chi connectivity index (χ2v) is 7.66. The number of nitrogens with one attached hydrogen (secondary N) is 3. The van der Waals surface area contributed by atoms with Gasteiger partial charge in [0.15, 0.2) is 0 Å². The number of urea groups is 1. The molecule has 1 fully saturated rings. The number of hydrogen-bond acceptors (Lipinski definition) is 4. The van der Waals surface area contributed by atoms with Gasteiger partial charge in [0, 0.05) is 50.0 Å². The van der Waals surface area contributed by atoms with Crippen molar-refractivity contribution in [2.75, 3.05) is 44.7 Å². The molecule has 1 saturated heterocycles. The summed E-state index contributed by atoms with van der Waals surface area (Å²) in [5.41, 5.74) is 1.87. The first-order valence-electron chi connectivity index (χ1n) is 10.4. The van der Waals surface area contributed by atoms with Crippen LogP contribution < -0.4 is 25.6 Å². The highest BCUT2D eigenvalue weighted by Gasteiger charge is 2.23. The number of hydrogen-bond donors (Lipinski definition) is 3. The van der Waals surface area contributed by atoms with Crippen LogP contribution in [0.15, 0.2) is 42.5 Å². The first-order chi connectivity index (χ1) is 15.0. The van der Waals surface area contributed by atoms with E-state index in [9.17, 15) is 14.0 Å². The Morgan fingerprint density at radius 2 is 1.94 bits per heavy atom. The summed E-state index contributed by atoms with van der Waals surface area (Å²) in [6, 6.07) is 12.0. The highest BCUT2D eigenvalue weighted by Crippen LogP contribution is 2.26. The van der Waals surface area contributed by atoms with Gasteiger partial charge < -0.3 is 25.6 Å². The van der Waals surface area contributed by atoms with Crippen LogP contribution in [0.4, 0.5) is 14.9 Å². The molecule has 1 atom stereocenters. The standard InChI is InChI=1S/C23H29FN4O3/c1-16-6-7-18(12-21(16)24)22(29)25-9-10-26-23(30)27-14-17-8-11-28(15-17)19-4-3-5-20(13-19)31-2/h3-7,12-13,17H,8-11,14-15H2,1-2H3,(H,25,29)(H2,26,27,30). The van der Waals surface area contributed by atoms with Gasteiger partial charge >= 0.3 is 6.03 Å². The lowest BCUT2D eigenvalue weighted by Gasteiger charge is -2.19. The fourth-order valence-electron chi connectivity index (χ4n) is 3.53. The van der Waals surface area contributed by atoms with Crippen LogP contribution in [-0.4, -0.2) is 51.8 Å². The van der Waals surface area contributed by atoms with E-state index in [1.807, 2.05) is 18.2 Å². The van der Waals surface area contributed by atoms with Crippen LogP contribution >= 0.6 is 0 Å². The van der Waals surface area contributed by atoms with E-state index >= 15 is 0 Å². The lowest BCUT2D eigenvalue weighted by Crippen LogP contribution is -2.42. The molecule has 166 valence electrons. The van der Waals surface area contributed by atoms with Crippen LogP contribution in [-0.2, 0) is 0 Å². The Bertz CT molecular complexity index is 921. The van der Waals surface area contributed by atoms with Crippen molar-refractivity contribution in [2.45, 2.75) is 13.3 Å². The Hall–Kier alpha value is -3.29. The molecule has 0 aromatic heterocycles. The predicted molar refractivity (Wildman–Crippen MR) is 118 cm³/mol. The fourth-order valence-corrected chi connectivity index (χ4v) is 3.53. The topological polar surface area (TPSA) is 82.7 Å². The maximum Gasteiger partial charge on any atom is 0.314 e. The van der Waals surface area contributed by atoms with Crippen molar-refractivity contribution in [1.29, 1.82) is 0 Å². The summed E-state index contributed by atoms with van der Waals surface area (Å²) in [6.07, 6.45) is 1.00. The van der Waals surface area contributed by atoms with Gasteiger partial charge in [0.1, 0.15) is 11.6 Å². The number of aryl methyl sites for hydroxylation is 1. The van der Waals surface area contributed by atoms with Crippen molar-refractivity contribution >= 4 is 17.6 Å². The number of rotatable bonds is 8. The van der Waals surface area contributed by atoms with Crippen LogP contribution in [0.2, 0.25) is 0 Å². The van der Waals surface area contributed by atoms with Crippen molar-refractivity contribution < 1.29 is 18.7 Å². The molecule has 0 aliphatic carbocycles. The second kappa shape index (κ2) is 10.7. The number of halogens is 1. The normalized spacial score (nSPS) is 15.5. The largest absolute Gasteiger partial charge is 0.497 e. The molecule has 0 saturated carbocycles. The van der Waals surface area contributed by atoms with E-state index in [1.165, 1.54) is 6.07 Å². The average molecular weight is 429 g/mol. The van der Waals surface area contributed by atoms with Gasteiger partial charge in [-0.25, -0.2) is 9.18 Å². The van der Waals surface area contributed by atoms with Crippen LogP contribution in [0, 0.1) is 18.7 Å². The molecule has 7 nitrogen and oxygen atoms in total. The Kier molecular flexibility index (Phi) is 7.70.